The number of rotatable bonds is 2. The number of hydrogen-bond donors (Lipinski definition) is 1. The molecule has 1 unspecified atom stereocenters. The van der Waals surface area contributed by atoms with Gasteiger partial charge in [-0.05, 0) is 26.0 Å². The lowest BCUT2D eigenvalue weighted by Gasteiger charge is -2.19. The molecule has 0 amide bonds. The van der Waals surface area contributed by atoms with E-state index in [0.29, 0.717) is 17.9 Å². The van der Waals surface area contributed by atoms with Gasteiger partial charge in [-0.3, -0.25) is 0 Å². The van der Waals surface area contributed by atoms with Crippen molar-refractivity contribution in [3.8, 4) is 5.75 Å². The zero-order valence-corrected chi connectivity index (χ0v) is 9.36. The summed E-state index contributed by atoms with van der Waals surface area (Å²) < 4.78 is 5.54. The second-order valence-electron chi connectivity index (χ2n) is 4.19. The van der Waals surface area contributed by atoms with Gasteiger partial charge in [0.1, 0.15) is 12.4 Å². The van der Waals surface area contributed by atoms with E-state index in [1.165, 1.54) is 0 Å². The van der Waals surface area contributed by atoms with Crippen LogP contribution in [0.1, 0.15) is 29.8 Å². The highest BCUT2D eigenvalue weighted by Gasteiger charge is 2.37. The summed E-state index contributed by atoms with van der Waals surface area (Å²) in [6.45, 7) is 4.41. The number of benzene rings is 1. The molecule has 1 aliphatic rings. The molecule has 3 heteroatoms. The predicted molar refractivity (Wildman–Crippen MR) is 61.1 cm³/mol. The Labute approximate surface area is 94.4 Å². The number of allylic oxidation sites excluding steroid dienone is 1. The number of hydrogen-bond acceptors (Lipinski definition) is 2. The molecule has 0 aliphatic carbocycles. The molecule has 0 fully saturated rings. The number of carboxylic acids is 1. The average Bonchev–Trinajstić information content (AvgIpc) is 2.57. The van der Waals surface area contributed by atoms with Crippen molar-refractivity contribution in [1.82, 2.24) is 0 Å². The fourth-order valence-corrected chi connectivity index (χ4v) is 2.22. The summed E-state index contributed by atoms with van der Waals surface area (Å²) in [5.41, 5.74) is 0.773. The fraction of sp³-hybridized carbons (Fsp3) is 0.308. The number of carbonyl (C=O) groups is 1. The van der Waals surface area contributed by atoms with Crippen molar-refractivity contribution in [2.24, 2.45) is 0 Å². The third kappa shape index (κ3) is 1.48. The van der Waals surface area contributed by atoms with Gasteiger partial charge in [0.15, 0.2) is 0 Å². The highest BCUT2D eigenvalue weighted by Crippen LogP contribution is 2.41. The van der Waals surface area contributed by atoms with Gasteiger partial charge in [-0.25, -0.2) is 4.79 Å². The molecule has 1 N–H and O–H groups in total. The zero-order chi connectivity index (χ0) is 11.8. The summed E-state index contributed by atoms with van der Waals surface area (Å²) in [7, 11) is 0. The van der Waals surface area contributed by atoms with E-state index in [2.05, 4.69) is 0 Å². The normalized spacial score (nSPS) is 23.1. The first-order chi connectivity index (χ1) is 7.58. The van der Waals surface area contributed by atoms with Crippen molar-refractivity contribution in [1.29, 1.82) is 0 Å². The summed E-state index contributed by atoms with van der Waals surface area (Å²) in [6, 6.07) is 5.15. The molecule has 0 bridgehead atoms. The van der Waals surface area contributed by atoms with Crippen LogP contribution in [0.15, 0.2) is 30.4 Å². The molecule has 0 spiro atoms. The van der Waals surface area contributed by atoms with E-state index < -0.39 is 5.97 Å². The SMILES string of the molecule is C/C=C/C1(C)COc2cccc(C(=O)O)c21. The molecular weight excluding hydrogens is 204 g/mol. The van der Waals surface area contributed by atoms with E-state index in [1.54, 1.807) is 12.1 Å². The van der Waals surface area contributed by atoms with Crippen LogP contribution < -0.4 is 4.74 Å². The van der Waals surface area contributed by atoms with Gasteiger partial charge in [-0.1, -0.05) is 18.2 Å². The minimum Gasteiger partial charge on any atom is -0.492 e. The van der Waals surface area contributed by atoms with Crippen molar-refractivity contribution < 1.29 is 14.6 Å². The molecule has 1 aromatic carbocycles. The quantitative estimate of drug-likeness (QED) is 0.776. The Hall–Kier alpha value is -1.77. The van der Waals surface area contributed by atoms with Gasteiger partial charge in [0.05, 0.1) is 5.56 Å². The maximum atomic E-state index is 11.2. The zero-order valence-electron chi connectivity index (χ0n) is 9.36. The number of ether oxygens (including phenoxy) is 1. The highest BCUT2D eigenvalue weighted by molar-refractivity contribution is 5.91. The van der Waals surface area contributed by atoms with E-state index in [1.807, 2.05) is 32.1 Å². The van der Waals surface area contributed by atoms with Gasteiger partial charge < -0.3 is 9.84 Å². The first-order valence-corrected chi connectivity index (χ1v) is 5.22. The summed E-state index contributed by atoms with van der Waals surface area (Å²) in [5, 5.41) is 9.17. The van der Waals surface area contributed by atoms with E-state index >= 15 is 0 Å². The van der Waals surface area contributed by atoms with Gasteiger partial charge >= 0.3 is 5.97 Å². The molecule has 1 aliphatic heterocycles. The Kier molecular flexibility index (Phi) is 2.46. The van der Waals surface area contributed by atoms with Gasteiger partial charge in [-0.2, -0.15) is 0 Å². The van der Waals surface area contributed by atoms with Crippen LogP contribution in [0.3, 0.4) is 0 Å². The molecule has 16 heavy (non-hydrogen) atoms. The van der Waals surface area contributed by atoms with Crippen molar-refractivity contribution in [2.45, 2.75) is 19.3 Å². The molecule has 3 nitrogen and oxygen atoms in total. The lowest BCUT2D eigenvalue weighted by Crippen LogP contribution is -2.23. The first kappa shape index (κ1) is 10.7. The van der Waals surface area contributed by atoms with Crippen LogP contribution in [0.25, 0.3) is 0 Å². The molecule has 84 valence electrons. The molecule has 0 radical (unpaired) electrons. The smallest absolute Gasteiger partial charge is 0.336 e. The predicted octanol–water partition coefficient (Wildman–Crippen LogP) is 2.61. The maximum absolute atomic E-state index is 11.2. The number of carboxylic acid groups (broad SMARTS) is 1. The molecule has 1 atom stereocenters. The molecule has 0 saturated carbocycles. The number of fused-ring (bicyclic) bond motifs is 1. The molecule has 0 saturated heterocycles. The fourth-order valence-electron chi connectivity index (χ4n) is 2.22. The van der Waals surface area contributed by atoms with E-state index in [-0.39, 0.29) is 5.41 Å². The Morgan fingerprint density at radius 3 is 2.94 bits per heavy atom. The maximum Gasteiger partial charge on any atom is 0.336 e. The summed E-state index contributed by atoms with van der Waals surface area (Å²) in [6.07, 6.45) is 3.92. The monoisotopic (exact) mass is 218 g/mol. The van der Waals surface area contributed by atoms with Crippen LogP contribution in [0.4, 0.5) is 0 Å². The average molecular weight is 218 g/mol. The van der Waals surface area contributed by atoms with Crippen molar-refractivity contribution in [3.63, 3.8) is 0 Å². The third-order valence-corrected chi connectivity index (χ3v) is 2.89. The third-order valence-electron chi connectivity index (χ3n) is 2.89. The van der Waals surface area contributed by atoms with Crippen LogP contribution in [0, 0.1) is 0 Å². The lowest BCUT2D eigenvalue weighted by atomic mass is 9.81. The Balaban J connectivity index is 2.64. The minimum atomic E-state index is -0.905. The van der Waals surface area contributed by atoms with Crippen LogP contribution >= 0.6 is 0 Å². The van der Waals surface area contributed by atoms with Crippen LogP contribution in [0.2, 0.25) is 0 Å². The Bertz CT molecular complexity index is 462. The topological polar surface area (TPSA) is 46.5 Å². The summed E-state index contributed by atoms with van der Waals surface area (Å²) in [5.74, 6) is -0.224. The van der Waals surface area contributed by atoms with Gasteiger partial charge in [0.25, 0.3) is 0 Å². The lowest BCUT2D eigenvalue weighted by molar-refractivity contribution is 0.0695. The van der Waals surface area contributed by atoms with Crippen molar-refractivity contribution in [3.05, 3.63) is 41.5 Å². The molecular formula is C13H14O3. The second-order valence-corrected chi connectivity index (χ2v) is 4.19. The van der Waals surface area contributed by atoms with E-state index in [9.17, 15) is 4.79 Å². The van der Waals surface area contributed by atoms with Crippen LogP contribution in [-0.2, 0) is 5.41 Å². The molecule has 1 aromatic rings. The second kappa shape index (κ2) is 3.67. The summed E-state index contributed by atoms with van der Waals surface area (Å²) in [4.78, 5) is 11.2. The Morgan fingerprint density at radius 2 is 2.31 bits per heavy atom. The van der Waals surface area contributed by atoms with Gasteiger partial charge in [0, 0.05) is 11.0 Å². The van der Waals surface area contributed by atoms with Gasteiger partial charge in [-0.15, -0.1) is 0 Å². The molecule has 2 rings (SSSR count). The van der Waals surface area contributed by atoms with Crippen LogP contribution in [0.5, 0.6) is 5.75 Å². The van der Waals surface area contributed by atoms with Crippen molar-refractivity contribution >= 4 is 5.97 Å². The largest absolute Gasteiger partial charge is 0.492 e. The van der Waals surface area contributed by atoms with Gasteiger partial charge in [0.2, 0.25) is 0 Å². The van der Waals surface area contributed by atoms with E-state index in [0.717, 1.165) is 5.56 Å². The molecule has 1 heterocycles. The Morgan fingerprint density at radius 1 is 1.56 bits per heavy atom. The highest BCUT2D eigenvalue weighted by atomic mass is 16.5. The standard InChI is InChI=1S/C13H14O3/c1-3-7-13(2)8-16-10-6-4-5-9(11(10)13)12(14)15/h3-7H,8H2,1-2H3,(H,14,15)/b7-3+. The van der Waals surface area contributed by atoms with Crippen LogP contribution in [-0.4, -0.2) is 17.7 Å². The first-order valence-electron chi connectivity index (χ1n) is 5.22. The summed E-state index contributed by atoms with van der Waals surface area (Å²) >= 11 is 0. The number of aromatic carboxylic acids is 1. The minimum absolute atomic E-state index is 0.329. The van der Waals surface area contributed by atoms with Crippen molar-refractivity contribution in [2.75, 3.05) is 6.61 Å². The molecule has 0 aromatic heterocycles. The van der Waals surface area contributed by atoms with E-state index in [4.69, 9.17) is 9.84 Å².